The molecule has 0 bridgehead atoms. The van der Waals surface area contributed by atoms with Crippen molar-refractivity contribution in [2.45, 2.75) is 64.0 Å². The lowest BCUT2D eigenvalue weighted by Gasteiger charge is -2.36. The van der Waals surface area contributed by atoms with Crippen molar-refractivity contribution in [3.8, 4) is 22.6 Å². The molecular weight excluding hydrogens is 824 g/mol. The average molecular weight is 876 g/mol. The number of piperidine rings is 1. The van der Waals surface area contributed by atoms with Crippen LogP contribution in [0.15, 0.2) is 95.8 Å². The zero-order chi connectivity index (χ0) is 45.7. The highest BCUT2D eigenvalue weighted by Crippen LogP contribution is 2.32. The van der Waals surface area contributed by atoms with Gasteiger partial charge in [-0.25, -0.2) is 4.79 Å². The lowest BCUT2D eigenvalue weighted by Crippen LogP contribution is -2.48. The van der Waals surface area contributed by atoms with Crippen LogP contribution < -0.4 is 31.4 Å². The molecule has 14 nitrogen and oxygen atoms in total. The molecule has 4 aromatic carbocycles. The summed E-state index contributed by atoms with van der Waals surface area (Å²) < 4.78 is 44.2. The average Bonchev–Trinajstić information content (AvgIpc) is 3.23. The number of benzene rings is 4. The number of H-pyrrole nitrogens is 1. The monoisotopic (exact) mass is 875 g/mol. The lowest BCUT2D eigenvalue weighted by atomic mass is 9.99. The minimum atomic E-state index is -5.19. The fourth-order valence-corrected chi connectivity index (χ4v) is 7.12. The van der Waals surface area contributed by atoms with Crippen LogP contribution in [0.5, 0.6) is 11.5 Å². The van der Waals surface area contributed by atoms with E-state index in [1.807, 2.05) is 67.6 Å². The molecule has 6 rings (SSSR count). The number of amides is 2. The molecule has 2 amide bonds. The van der Waals surface area contributed by atoms with Crippen LogP contribution in [0.25, 0.3) is 22.0 Å². The first-order valence-electron chi connectivity index (χ1n) is 20.5. The van der Waals surface area contributed by atoms with Crippen molar-refractivity contribution in [3.05, 3.63) is 118 Å². The van der Waals surface area contributed by atoms with Crippen LogP contribution in [0.1, 0.15) is 55.4 Å². The van der Waals surface area contributed by atoms with Gasteiger partial charge in [-0.1, -0.05) is 54.6 Å². The number of nitrogens with one attached hydrogen (secondary N) is 4. The Bertz CT molecular complexity index is 2420. The molecule has 1 aliphatic rings. The SMILES string of the molecule is CCOc1cc(NC(=O)CCCc2ccc(-c3ccccc3)c(NC(=O)OC3CC[N+](C)(C)CC3)c2)ccc1CNC[C@H](O)c1ccc(O)c2[nH]c(=O)ccc12.O=C([O-])C(F)(F)F. The van der Waals surface area contributed by atoms with Crippen molar-refractivity contribution in [2.75, 3.05) is 51.0 Å². The maximum absolute atomic E-state index is 13.1. The minimum Gasteiger partial charge on any atom is -0.542 e. The molecule has 1 atom stereocenters. The van der Waals surface area contributed by atoms with Crippen LogP contribution in [0.2, 0.25) is 0 Å². The number of quaternary nitrogens is 1. The summed E-state index contributed by atoms with van der Waals surface area (Å²) in [5.41, 5.74) is 5.54. The van der Waals surface area contributed by atoms with Crippen molar-refractivity contribution in [3.63, 3.8) is 0 Å². The second-order valence-electron chi connectivity index (χ2n) is 15.7. The molecule has 1 saturated heterocycles. The van der Waals surface area contributed by atoms with Gasteiger partial charge in [0.1, 0.15) is 23.6 Å². The number of pyridine rings is 1. The van der Waals surface area contributed by atoms with Crippen LogP contribution in [0.4, 0.5) is 29.3 Å². The van der Waals surface area contributed by atoms with Gasteiger partial charge in [0.05, 0.1) is 51.1 Å². The summed E-state index contributed by atoms with van der Waals surface area (Å²) in [7, 11) is 4.39. The quantitative estimate of drug-likeness (QED) is 0.0661. The predicted molar refractivity (Wildman–Crippen MR) is 230 cm³/mol. The Labute approximate surface area is 362 Å². The number of aliphatic carboxylic acids is 1. The molecule has 1 aromatic heterocycles. The number of fused-ring (bicyclic) bond motifs is 1. The van der Waals surface area contributed by atoms with E-state index in [-0.39, 0.29) is 35.4 Å². The van der Waals surface area contributed by atoms with Gasteiger partial charge in [0.2, 0.25) is 11.5 Å². The summed E-state index contributed by atoms with van der Waals surface area (Å²) in [5, 5.41) is 39.7. The fourth-order valence-electron chi connectivity index (χ4n) is 7.12. The highest BCUT2D eigenvalue weighted by molar-refractivity contribution is 5.92. The first-order chi connectivity index (χ1) is 29.9. The summed E-state index contributed by atoms with van der Waals surface area (Å²) >= 11 is 0. The Balaban J connectivity index is 0.000000985. The summed E-state index contributed by atoms with van der Waals surface area (Å²) in [5.74, 6) is -2.58. The maximum atomic E-state index is 13.1. The lowest BCUT2D eigenvalue weighted by molar-refractivity contribution is -0.896. The number of halogens is 3. The number of anilines is 2. The molecular formula is C46H52F3N5O9. The highest BCUT2D eigenvalue weighted by atomic mass is 19.4. The van der Waals surface area contributed by atoms with Crippen LogP contribution >= 0.6 is 0 Å². The summed E-state index contributed by atoms with van der Waals surface area (Å²) in [6.45, 7) is 4.85. The molecule has 2 heterocycles. The molecule has 1 aliphatic heterocycles. The number of rotatable bonds is 15. The van der Waals surface area contributed by atoms with Crippen LogP contribution in [-0.4, -0.2) is 90.3 Å². The highest BCUT2D eigenvalue weighted by Gasteiger charge is 2.29. The summed E-state index contributed by atoms with van der Waals surface area (Å²) in [4.78, 5) is 49.3. The van der Waals surface area contributed by atoms with Crippen molar-refractivity contribution in [1.82, 2.24) is 10.3 Å². The first kappa shape index (κ1) is 47.6. The standard InChI is InChI=1S/C44H51N5O7.C2HF3O2/c1-4-55-40-26-32(15-14-31(40)27-45-28-39(51)35-17-19-38(50)43-36(35)18-20-42(53)48-43)46-41(52)12-8-9-29-13-16-34(30-10-6-5-7-11-30)37(25-29)47-44(54)56-33-21-23-49(2,3)24-22-33;3-2(4,5)1(6)7/h5-7,10-11,13-20,25-26,33,39,45,51H,4,8-9,12,21-24,27-28H2,1-3H3,(H3-,46,47,48,50,52,53,54);(H,6,7)/t39-;/m0./s1. The number of phenols is 1. The van der Waals surface area contributed by atoms with Gasteiger partial charge < -0.3 is 49.7 Å². The number of ether oxygens (including phenoxy) is 2. The number of nitrogens with zero attached hydrogens (tertiary/aromatic N) is 1. The van der Waals surface area contributed by atoms with Crippen molar-refractivity contribution < 1.29 is 56.8 Å². The number of aryl methyl sites for hydroxylation is 1. The largest absolute Gasteiger partial charge is 0.542 e. The molecule has 6 N–H and O–H groups in total. The Morgan fingerprint density at radius 1 is 0.952 bits per heavy atom. The topological polar surface area (TPSA) is 202 Å². The van der Waals surface area contributed by atoms with Gasteiger partial charge in [-0.2, -0.15) is 13.2 Å². The number of hydrogen-bond acceptors (Lipinski definition) is 10. The Hall–Kier alpha value is -6.43. The number of alkyl halides is 3. The van der Waals surface area contributed by atoms with Gasteiger partial charge in [-0.15, -0.1) is 0 Å². The summed E-state index contributed by atoms with van der Waals surface area (Å²) in [6.07, 6.45) is -3.45. The Kier molecular flexibility index (Phi) is 16.3. The second-order valence-corrected chi connectivity index (χ2v) is 15.7. The third kappa shape index (κ3) is 14.0. The number of carbonyl (C=O) groups is 3. The van der Waals surface area contributed by atoms with Crippen molar-refractivity contribution in [2.24, 2.45) is 0 Å². The first-order valence-corrected chi connectivity index (χ1v) is 20.5. The third-order valence-electron chi connectivity index (χ3n) is 10.5. The smallest absolute Gasteiger partial charge is 0.430 e. The van der Waals surface area contributed by atoms with Gasteiger partial charge in [0.25, 0.3) is 0 Å². The molecule has 0 spiro atoms. The molecule has 0 radical (unpaired) electrons. The number of aliphatic hydroxyl groups is 1. The minimum absolute atomic E-state index is 0.0655. The summed E-state index contributed by atoms with van der Waals surface area (Å²) in [6, 6.07) is 27.4. The number of aliphatic hydroxyl groups excluding tert-OH is 1. The number of carboxylic acids is 1. The molecule has 0 aliphatic carbocycles. The molecule has 63 heavy (non-hydrogen) atoms. The number of carbonyl (C=O) groups excluding carboxylic acids is 3. The van der Waals surface area contributed by atoms with E-state index >= 15 is 0 Å². The van der Waals surface area contributed by atoms with E-state index in [0.29, 0.717) is 60.5 Å². The van der Waals surface area contributed by atoms with E-state index in [1.165, 1.54) is 12.1 Å². The van der Waals surface area contributed by atoms with Crippen molar-refractivity contribution >= 4 is 40.2 Å². The molecule has 0 unspecified atom stereocenters. The van der Waals surface area contributed by atoms with E-state index in [4.69, 9.17) is 19.4 Å². The van der Waals surface area contributed by atoms with E-state index < -0.39 is 24.3 Å². The van der Waals surface area contributed by atoms with Crippen LogP contribution in [0, 0.1) is 0 Å². The third-order valence-corrected chi connectivity index (χ3v) is 10.5. The predicted octanol–water partition coefficient (Wildman–Crippen LogP) is 6.17. The maximum Gasteiger partial charge on any atom is 0.430 e. The zero-order valence-corrected chi connectivity index (χ0v) is 35.2. The van der Waals surface area contributed by atoms with Gasteiger partial charge in [0, 0.05) is 66.7 Å². The second kappa shape index (κ2) is 21.6. The van der Waals surface area contributed by atoms with E-state index in [0.717, 1.165) is 52.7 Å². The number of aromatic hydroxyl groups is 1. The van der Waals surface area contributed by atoms with Crippen LogP contribution in [-0.2, 0) is 27.3 Å². The number of hydrogen-bond donors (Lipinski definition) is 6. The normalized spacial score (nSPS) is 14.2. The number of carboxylic acid groups (broad SMARTS) is 1. The fraction of sp³-hybridized carbons (Fsp3) is 0.348. The van der Waals surface area contributed by atoms with Crippen molar-refractivity contribution in [1.29, 1.82) is 0 Å². The van der Waals surface area contributed by atoms with Gasteiger partial charge in [0.15, 0.2) is 0 Å². The Morgan fingerprint density at radius 2 is 1.67 bits per heavy atom. The van der Waals surface area contributed by atoms with Gasteiger partial charge in [-0.3, -0.25) is 14.9 Å². The molecule has 0 saturated carbocycles. The number of likely N-dealkylation sites (tertiary alicyclic amines) is 1. The van der Waals surface area contributed by atoms with Crippen LogP contribution in [0.3, 0.4) is 0 Å². The molecule has 1 fully saturated rings. The number of aromatic nitrogens is 1. The zero-order valence-electron chi connectivity index (χ0n) is 35.2. The number of aromatic amines is 1. The van der Waals surface area contributed by atoms with E-state index in [9.17, 15) is 37.8 Å². The van der Waals surface area contributed by atoms with E-state index in [1.54, 1.807) is 18.2 Å². The molecule has 336 valence electrons. The molecule has 17 heteroatoms. The van der Waals surface area contributed by atoms with Gasteiger partial charge >= 0.3 is 12.3 Å². The number of phenolic OH excluding ortho intramolecular Hbond substituents is 1. The molecule has 5 aromatic rings. The Morgan fingerprint density at radius 3 is 2.35 bits per heavy atom. The van der Waals surface area contributed by atoms with E-state index in [2.05, 4.69) is 35.0 Å². The van der Waals surface area contributed by atoms with Gasteiger partial charge in [-0.05, 0) is 60.7 Å².